The Bertz CT molecular complexity index is 341. The zero-order valence-corrected chi connectivity index (χ0v) is 6.67. The fraction of sp³-hybridized carbons (Fsp3) is 0. The Morgan fingerprint density at radius 1 is 1.29 bits per heavy atom. The maximum atomic E-state index is 11.7. The average molecular weight is 202 g/mol. The fourth-order valence-electron chi connectivity index (χ4n) is 0.768. The van der Waals surface area contributed by atoms with E-state index in [9.17, 15) is 19.1 Å². The summed E-state index contributed by atoms with van der Waals surface area (Å²) in [7, 11) is 0. The molecule has 0 aromatic heterocycles. The van der Waals surface area contributed by atoms with E-state index in [1.165, 1.54) is 24.3 Å². The Morgan fingerprint density at radius 2 is 1.79 bits per heavy atom. The third kappa shape index (κ3) is 3.19. The van der Waals surface area contributed by atoms with Crippen LogP contribution in [0.5, 0.6) is 0 Å². The predicted octanol–water partition coefficient (Wildman–Crippen LogP) is 1.17. The van der Waals surface area contributed by atoms with E-state index < -0.39 is 10.5 Å². The summed E-state index contributed by atoms with van der Waals surface area (Å²) in [4.78, 5) is 9.82. The Morgan fingerprint density at radius 3 is 2.21 bits per heavy atom. The van der Waals surface area contributed by atoms with Crippen LogP contribution in [0.4, 0.5) is 8.96 Å². The number of nitroso groups, excluding NO2 is 1. The predicted molar refractivity (Wildman–Crippen MR) is 44.2 cm³/mol. The van der Waals surface area contributed by atoms with Gasteiger partial charge >= 0.3 is 5.09 Å². The summed E-state index contributed by atoms with van der Waals surface area (Å²) in [5.74, 6) is 0. The molecule has 0 aliphatic heterocycles. The minimum atomic E-state index is -1.11. The lowest BCUT2D eigenvalue weighted by atomic mass is 10.1. The molecule has 0 spiro atoms. The first-order valence-corrected chi connectivity index (χ1v) is 3.37. The van der Waals surface area contributed by atoms with Crippen molar-refractivity contribution in [1.29, 1.82) is 0 Å². The first-order valence-electron chi connectivity index (χ1n) is 3.37. The summed E-state index contributed by atoms with van der Waals surface area (Å²) in [6.45, 7) is 0. The average Bonchev–Trinajstić information content (AvgIpc) is 2.06. The smallest absolute Gasteiger partial charge is 0.396 e. The molecule has 0 radical (unpaired) electrons. The Kier molecular flexibility index (Phi) is 3.13. The molecule has 1 aliphatic carbocycles. The van der Waals surface area contributed by atoms with E-state index in [0.717, 1.165) is 0 Å². The standard InChI is InChI=1S/C6H4F2N4O2/c7-11(13)9-5-1-2-6(4-3-5)10-12(8)14/h1-4H. The second-order valence-corrected chi connectivity index (χ2v) is 2.17. The molecule has 6 nitrogen and oxygen atoms in total. The SMILES string of the molecule is O=[N+](F)N=C1C=CC(=NN([O-])F)C=C1. The van der Waals surface area contributed by atoms with E-state index in [1.807, 2.05) is 0 Å². The molecular weight excluding hydrogens is 198 g/mol. The van der Waals surface area contributed by atoms with Crippen LogP contribution in [0.1, 0.15) is 0 Å². The molecule has 0 unspecified atom stereocenters. The highest BCUT2D eigenvalue weighted by atomic mass is 19.2. The quantitative estimate of drug-likeness (QED) is 0.383. The van der Waals surface area contributed by atoms with Gasteiger partial charge in [-0.05, 0) is 24.3 Å². The molecule has 0 bridgehead atoms. The van der Waals surface area contributed by atoms with Crippen molar-refractivity contribution in [2.24, 2.45) is 10.2 Å². The van der Waals surface area contributed by atoms with Crippen LogP contribution >= 0.6 is 0 Å². The zero-order valence-electron chi connectivity index (χ0n) is 6.67. The Labute approximate surface area is 76.5 Å². The van der Waals surface area contributed by atoms with E-state index in [2.05, 4.69) is 10.2 Å². The van der Waals surface area contributed by atoms with E-state index in [4.69, 9.17) is 0 Å². The molecule has 0 aromatic rings. The number of halogens is 2. The van der Waals surface area contributed by atoms with E-state index in [0.29, 0.717) is 0 Å². The summed E-state index contributed by atoms with van der Waals surface area (Å²) < 4.78 is 23.3. The van der Waals surface area contributed by atoms with Gasteiger partial charge in [0.05, 0.1) is 5.71 Å². The van der Waals surface area contributed by atoms with Crippen molar-refractivity contribution in [3.8, 4) is 0 Å². The molecule has 1 rings (SSSR count). The maximum absolute atomic E-state index is 11.7. The maximum Gasteiger partial charge on any atom is 0.396 e. The number of nitrogens with zero attached hydrogens (tertiary/aromatic N) is 4. The molecule has 0 amide bonds. The number of hydrazone groups is 2. The van der Waals surface area contributed by atoms with E-state index in [-0.39, 0.29) is 11.4 Å². The van der Waals surface area contributed by atoms with Gasteiger partial charge in [-0.3, -0.25) is 0 Å². The van der Waals surface area contributed by atoms with Gasteiger partial charge in [0.25, 0.3) is 0 Å². The van der Waals surface area contributed by atoms with Gasteiger partial charge in [-0.1, -0.05) is 4.48 Å². The highest BCUT2D eigenvalue weighted by Gasteiger charge is 2.07. The molecule has 0 saturated carbocycles. The monoisotopic (exact) mass is 202 g/mol. The lowest BCUT2D eigenvalue weighted by molar-refractivity contribution is -0.731. The molecular formula is C6H4F2N4O2. The van der Waals surface area contributed by atoms with Crippen LogP contribution in [-0.4, -0.2) is 21.9 Å². The van der Waals surface area contributed by atoms with Gasteiger partial charge in [0.1, 0.15) is 15.7 Å². The molecule has 0 heterocycles. The first kappa shape index (κ1) is 10.1. The van der Waals surface area contributed by atoms with Crippen LogP contribution in [0.25, 0.3) is 0 Å². The largest absolute Gasteiger partial charge is 0.712 e. The summed E-state index contributed by atoms with van der Waals surface area (Å²) in [5.41, 5.74) is 0.0514. The molecule has 0 aromatic carbocycles. The normalized spacial score (nSPS) is 14.2. The van der Waals surface area contributed by atoms with Gasteiger partial charge in [0.15, 0.2) is 4.48 Å². The van der Waals surface area contributed by atoms with Crippen molar-refractivity contribution in [2.75, 3.05) is 0 Å². The third-order valence-corrected chi connectivity index (χ3v) is 1.24. The zero-order chi connectivity index (χ0) is 10.6. The van der Waals surface area contributed by atoms with Crippen LogP contribution in [0.2, 0.25) is 0 Å². The molecule has 0 N–H and O–H groups in total. The second kappa shape index (κ2) is 4.33. The Hall–Kier alpha value is -1.96. The minimum absolute atomic E-state index is 0.0257. The molecule has 74 valence electrons. The lowest BCUT2D eigenvalue weighted by Gasteiger charge is -2.11. The number of rotatable bonds is 2. The van der Waals surface area contributed by atoms with Crippen LogP contribution in [-0.2, 0) is 0 Å². The molecule has 0 saturated heterocycles. The van der Waals surface area contributed by atoms with Crippen LogP contribution in [0.15, 0.2) is 34.5 Å². The number of allylic oxidation sites excluding steroid dienone is 4. The fourth-order valence-corrected chi connectivity index (χ4v) is 0.768. The summed E-state index contributed by atoms with van der Waals surface area (Å²) in [5, 5.41) is 13.3. The van der Waals surface area contributed by atoms with E-state index in [1.54, 1.807) is 0 Å². The van der Waals surface area contributed by atoms with E-state index >= 15 is 0 Å². The van der Waals surface area contributed by atoms with Crippen LogP contribution in [0, 0.1) is 10.1 Å². The second-order valence-electron chi connectivity index (χ2n) is 2.17. The molecule has 1 aliphatic rings. The molecule has 0 atom stereocenters. The van der Waals surface area contributed by atoms with Crippen molar-refractivity contribution in [3.05, 3.63) is 34.4 Å². The summed E-state index contributed by atoms with van der Waals surface area (Å²) >= 11 is 0. The van der Waals surface area contributed by atoms with Gasteiger partial charge < -0.3 is 5.21 Å². The van der Waals surface area contributed by atoms with Crippen molar-refractivity contribution >= 4 is 11.4 Å². The minimum Gasteiger partial charge on any atom is -0.712 e. The molecule has 14 heavy (non-hydrogen) atoms. The summed E-state index contributed by atoms with van der Waals surface area (Å²) in [6, 6.07) is 0. The van der Waals surface area contributed by atoms with Crippen LogP contribution < -0.4 is 0 Å². The molecule has 0 fully saturated rings. The van der Waals surface area contributed by atoms with Gasteiger partial charge in [-0.25, -0.2) is 0 Å². The summed E-state index contributed by atoms with van der Waals surface area (Å²) in [6.07, 6.45) is 4.80. The number of hydrogen-bond donors (Lipinski definition) is 0. The van der Waals surface area contributed by atoms with Gasteiger partial charge in [-0.2, -0.15) is 10.5 Å². The number of hydrogen-bond acceptors (Lipinski definition) is 4. The van der Waals surface area contributed by atoms with Gasteiger partial charge in [-0.15, -0.1) is 0 Å². The van der Waals surface area contributed by atoms with Crippen molar-refractivity contribution in [1.82, 2.24) is 5.39 Å². The Balaban J connectivity index is 2.75. The highest BCUT2D eigenvalue weighted by Crippen LogP contribution is 2.00. The topological polar surface area (TPSA) is 71.1 Å². The highest BCUT2D eigenvalue weighted by molar-refractivity contribution is 6.18. The molecule has 8 heteroatoms. The van der Waals surface area contributed by atoms with Gasteiger partial charge in [0, 0.05) is 0 Å². The van der Waals surface area contributed by atoms with Crippen molar-refractivity contribution < 1.29 is 14.1 Å². The third-order valence-electron chi connectivity index (χ3n) is 1.24. The van der Waals surface area contributed by atoms with Crippen molar-refractivity contribution in [2.45, 2.75) is 0 Å². The van der Waals surface area contributed by atoms with Gasteiger partial charge in [0.2, 0.25) is 0 Å². The first-order chi connectivity index (χ1) is 6.58. The van der Waals surface area contributed by atoms with Crippen molar-refractivity contribution in [3.63, 3.8) is 0 Å². The lowest BCUT2D eigenvalue weighted by Crippen LogP contribution is -2.05. The van der Waals surface area contributed by atoms with Crippen LogP contribution in [0.3, 0.4) is 0 Å².